The lowest BCUT2D eigenvalue weighted by Crippen LogP contribution is -2.51. The van der Waals surface area contributed by atoms with Gasteiger partial charge in [0.2, 0.25) is 21.8 Å². The minimum absolute atomic E-state index is 0.0682. The molecule has 1 aromatic heterocycles. The molecule has 9 heteroatoms. The SMILES string of the molecule is CCC[C@@H](C(=O)NCc1ccco1)N(Cc1ccccc1)C(=O)CNS(=O)(=O)c1ccccc1. The molecule has 2 aromatic carbocycles. The third kappa shape index (κ3) is 7.03. The summed E-state index contributed by atoms with van der Waals surface area (Å²) in [6.45, 7) is 1.83. The number of nitrogens with one attached hydrogen (secondary N) is 2. The van der Waals surface area contributed by atoms with Crippen LogP contribution in [0.5, 0.6) is 0 Å². The van der Waals surface area contributed by atoms with Crippen molar-refractivity contribution in [3.8, 4) is 0 Å². The van der Waals surface area contributed by atoms with Crippen LogP contribution in [-0.4, -0.2) is 37.7 Å². The molecular weight excluding hydrogens is 454 g/mol. The van der Waals surface area contributed by atoms with E-state index in [0.717, 1.165) is 5.56 Å². The average molecular weight is 484 g/mol. The van der Waals surface area contributed by atoms with Gasteiger partial charge >= 0.3 is 0 Å². The fourth-order valence-corrected chi connectivity index (χ4v) is 4.50. The van der Waals surface area contributed by atoms with Gasteiger partial charge in [0.25, 0.3) is 0 Å². The van der Waals surface area contributed by atoms with E-state index in [-0.39, 0.29) is 23.9 Å². The lowest BCUT2D eigenvalue weighted by Gasteiger charge is -2.31. The van der Waals surface area contributed by atoms with Gasteiger partial charge in [0, 0.05) is 6.54 Å². The number of sulfonamides is 1. The van der Waals surface area contributed by atoms with Gasteiger partial charge in [-0.15, -0.1) is 0 Å². The Kier molecular flexibility index (Phi) is 9.00. The van der Waals surface area contributed by atoms with E-state index in [1.54, 1.807) is 30.3 Å². The Morgan fingerprint density at radius 2 is 1.65 bits per heavy atom. The summed E-state index contributed by atoms with van der Waals surface area (Å²) in [7, 11) is -3.87. The maximum Gasteiger partial charge on any atom is 0.243 e. The molecule has 0 unspecified atom stereocenters. The number of nitrogens with zero attached hydrogens (tertiary/aromatic N) is 1. The van der Waals surface area contributed by atoms with Crippen LogP contribution in [0.15, 0.2) is 88.4 Å². The first-order chi connectivity index (χ1) is 16.4. The molecule has 1 heterocycles. The number of amides is 2. The molecule has 8 nitrogen and oxygen atoms in total. The maximum atomic E-state index is 13.3. The predicted octanol–water partition coefficient (Wildman–Crippen LogP) is 3.07. The Balaban J connectivity index is 1.78. The monoisotopic (exact) mass is 483 g/mol. The number of carbonyl (C=O) groups excluding carboxylic acids is 2. The van der Waals surface area contributed by atoms with E-state index >= 15 is 0 Å². The van der Waals surface area contributed by atoms with Gasteiger partial charge in [-0.3, -0.25) is 9.59 Å². The summed E-state index contributed by atoms with van der Waals surface area (Å²) in [5, 5.41) is 2.82. The van der Waals surface area contributed by atoms with Gasteiger partial charge in [0.1, 0.15) is 11.8 Å². The molecule has 0 aliphatic rings. The van der Waals surface area contributed by atoms with Gasteiger partial charge in [0.05, 0.1) is 24.2 Å². The van der Waals surface area contributed by atoms with Crippen LogP contribution in [0, 0.1) is 0 Å². The van der Waals surface area contributed by atoms with Crippen molar-refractivity contribution >= 4 is 21.8 Å². The molecule has 0 fully saturated rings. The van der Waals surface area contributed by atoms with Gasteiger partial charge < -0.3 is 14.6 Å². The van der Waals surface area contributed by atoms with Crippen LogP contribution in [0.2, 0.25) is 0 Å². The Morgan fingerprint density at radius 3 is 2.26 bits per heavy atom. The van der Waals surface area contributed by atoms with E-state index in [4.69, 9.17) is 4.42 Å². The topological polar surface area (TPSA) is 109 Å². The molecule has 0 radical (unpaired) electrons. The number of benzene rings is 2. The van der Waals surface area contributed by atoms with E-state index in [1.165, 1.54) is 23.3 Å². The normalized spacial score (nSPS) is 12.1. The molecule has 0 spiro atoms. The number of hydrogen-bond donors (Lipinski definition) is 2. The van der Waals surface area contributed by atoms with Gasteiger partial charge in [-0.05, 0) is 36.2 Å². The third-order valence-corrected chi connectivity index (χ3v) is 6.66. The zero-order chi connectivity index (χ0) is 24.4. The lowest BCUT2D eigenvalue weighted by atomic mass is 10.1. The van der Waals surface area contributed by atoms with Crippen molar-refractivity contribution in [1.29, 1.82) is 0 Å². The Hall–Kier alpha value is -3.43. The van der Waals surface area contributed by atoms with E-state index in [9.17, 15) is 18.0 Å². The summed E-state index contributed by atoms with van der Waals surface area (Å²) in [5.74, 6) is -0.219. The third-order valence-electron chi connectivity index (χ3n) is 5.24. The van der Waals surface area contributed by atoms with E-state index in [0.29, 0.717) is 18.6 Å². The molecule has 2 N–H and O–H groups in total. The smallest absolute Gasteiger partial charge is 0.243 e. The Bertz CT molecular complexity index is 1150. The molecule has 34 heavy (non-hydrogen) atoms. The molecule has 180 valence electrons. The van der Waals surface area contributed by atoms with Crippen LogP contribution in [0.25, 0.3) is 0 Å². The second-order valence-corrected chi connectivity index (χ2v) is 9.51. The standard InChI is InChI=1S/C25H29N3O5S/c1-2-10-23(25(30)26-17-21-13-9-16-33-21)28(19-20-11-5-3-6-12-20)24(29)18-27-34(31,32)22-14-7-4-8-15-22/h3-9,11-16,23,27H,2,10,17-19H2,1H3,(H,26,30)/t23-/m0/s1. The highest BCUT2D eigenvalue weighted by atomic mass is 32.2. The van der Waals surface area contributed by atoms with Crippen LogP contribution >= 0.6 is 0 Å². The summed E-state index contributed by atoms with van der Waals surface area (Å²) < 4.78 is 32.9. The second kappa shape index (κ2) is 12.2. The Labute approximate surface area is 200 Å². The number of furan rings is 1. The van der Waals surface area contributed by atoms with Crippen molar-refractivity contribution in [2.45, 2.75) is 43.8 Å². The van der Waals surface area contributed by atoms with Crippen LogP contribution in [0.4, 0.5) is 0 Å². The summed E-state index contributed by atoms with van der Waals surface area (Å²) in [6.07, 6.45) is 2.61. The molecule has 3 aromatic rings. The van der Waals surface area contributed by atoms with Crippen molar-refractivity contribution in [1.82, 2.24) is 14.9 Å². The molecule has 1 atom stereocenters. The van der Waals surface area contributed by atoms with E-state index < -0.39 is 28.5 Å². The van der Waals surface area contributed by atoms with Crippen LogP contribution in [0.1, 0.15) is 31.1 Å². The van der Waals surface area contributed by atoms with Gasteiger partial charge in [-0.1, -0.05) is 61.9 Å². The fraction of sp³-hybridized carbons (Fsp3) is 0.280. The molecule has 0 aliphatic heterocycles. The highest BCUT2D eigenvalue weighted by Gasteiger charge is 2.30. The minimum atomic E-state index is -3.87. The van der Waals surface area contributed by atoms with Gasteiger partial charge in [-0.25, -0.2) is 13.1 Å². The zero-order valence-corrected chi connectivity index (χ0v) is 19.8. The van der Waals surface area contributed by atoms with Crippen molar-refractivity contribution in [3.05, 3.63) is 90.4 Å². The van der Waals surface area contributed by atoms with Crippen molar-refractivity contribution < 1.29 is 22.4 Å². The zero-order valence-electron chi connectivity index (χ0n) is 19.0. The molecule has 0 aliphatic carbocycles. The molecule has 3 rings (SSSR count). The fourth-order valence-electron chi connectivity index (χ4n) is 3.50. The first kappa shape index (κ1) is 25.2. The van der Waals surface area contributed by atoms with Crippen molar-refractivity contribution in [2.24, 2.45) is 0 Å². The van der Waals surface area contributed by atoms with Gasteiger partial charge in [0.15, 0.2) is 0 Å². The predicted molar refractivity (Wildman–Crippen MR) is 128 cm³/mol. The molecule has 0 saturated carbocycles. The summed E-state index contributed by atoms with van der Waals surface area (Å²) in [4.78, 5) is 27.9. The molecule has 2 amide bonds. The van der Waals surface area contributed by atoms with E-state index in [1.807, 2.05) is 37.3 Å². The average Bonchev–Trinajstić information content (AvgIpc) is 3.38. The maximum absolute atomic E-state index is 13.3. The lowest BCUT2D eigenvalue weighted by molar-refractivity contribution is -0.140. The molecule has 0 bridgehead atoms. The molecule has 0 saturated heterocycles. The van der Waals surface area contributed by atoms with Crippen molar-refractivity contribution in [3.63, 3.8) is 0 Å². The summed E-state index contributed by atoms with van der Waals surface area (Å²) >= 11 is 0. The van der Waals surface area contributed by atoms with E-state index in [2.05, 4.69) is 10.0 Å². The Morgan fingerprint density at radius 1 is 0.971 bits per heavy atom. The first-order valence-corrected chi connectivity index (χ1v) is 12.6. The number of rotatable bonds is 12. The van der Waals surface area contributed by atoms with Crippen LogP contribution in [0.3, 0.4) is 0 Å². The minimum Gasteiger partial charge on any atom is -0.467 e. The highest BCUT2D eigenvalue weighted by Crippen LogP contribution is 2.15. The largest absolute Gasteiger partial charge is 0.467 e. The number of hydrogen-bond acceptors (Lipinski definition) is 5. The first-order valence-electron chi connectivity index (χ1n) is 11.1. The quantitative estimate of drug-likeness (QED) is 0.412. The number of carbonyl (C=O) groups is 2. The van der Waals surface area contributed by atoms with Crippen molar-refractivity contribution in [2.75, 3.05) is 6.54 Å². The summed E-state index contributed by atoms with van der Waals surface area (Å²) in [5.41, 5.74) is 0.835. The van der Waals surface area contributed by atoms with Gasteiger partial charge in [-0.2, -0.15) is 0 Å². The van der Waals surface area contributed by atoms with Crippen LogP contribution < -0.4 is 10.0 Å². The van der Waals surface area contributed by atoms with Crippen LogP contribution in [-0.2, 0) is 32.7 Å². The second-order valence-electron chi connectivity index (χ2n) is 7.75. The summed E-state index contributed by atoms with van der Waals surface area (Å²) in [6, 6.07) is 19.8. The highest BCUT2D eigenvalue weighted by molar-refractivity contribution is 7.89. The molecular formula is C25H29N3O5S.